The summed E-state index contributed by atoms with van der Waals surface area (Å²) in [6, 6.07) is 3.81. The van der Waals surface area contributed by atoms with E-state index in [1.165, 1.54) is 0 Å². The van der Waals surface area contributed by atoms with Crippen molar-refractivity contribution in [2.24, 2.45) is 7.05 Å². The summed E-state index contributed by atoms with van der Waals surface area (Å²) in [4.78, 5) is 8.67. The Morgan fingerprint density at radius 1 is 1.21 bits per heavy atom. The number of aromatic nitrogens is 4. The van der Waals surface area contributed by atoms with Crippen molar-refractivity contribution in [2.75, 3.05) is 12.8 Å². The van der Waals surface area contributed by atoms with Gasteiger partial charge in [-0.1, -0.05) is 0 Å². The molecule has 3 rings (SSSR count). The van der Waals surface area contributed by atoms with E-state index in [2.05, 4.69) is 15.1 Å². The van der Waals surface area contributed by atoms with Crippen LogP contribution in [0, 0.1) is 0 Å². The first-order valence-electron chi connectivity index (χ1n) is 5.77. The second-order valence-electron chi connectivity index (χ2n) is 4.21. The topological polar surface area (TPSA) is 78.8 Å². The fraction of sp³-hybridized carbons (Fsp3) is 0.154. The highest BCUT2D eigenvalue weighted by molar-refractivity contribution is 5.95. The van der Waals surface area contributed by atoms with E-state index >= 15 is 0 Å². The number of rotatable bonds is 2. The highest BCUT2D eigenvalue weighted by Crippen LogP contribution is 2.32. The molecule has 0 spiro atoms. The van der Waals surface area contributed by atoms with Crippen LogP contribution in [0.2, 0.25) is 0 Å². The minimum absolute atomic E-state index is 0.370. The molecular weight excluding hydrogens is 242 g/mol. The van der Waals surface area contributed by atoms with Crippen molar-refractivity contribution in [3.05, 3.63) is 30.7 Å². The van der Waals surface area contributed by atoms with Gasteiger partial charge in [-0.15, -0.1) is 0 Å². The SMILES string of the molecule is COc1ccc(-c2cnn(C)c2)c2ncc(N)nc12. The van der Waals surface area contributed by atoms with Crippen molar-refractivity contribution in [3.63, 3.8) is 0 Å². The average molecular weight is 255 g/mol. The lowest BCUT2D eigenvalue weighted by atomic mass is 10.1. The van der Waals surface area contributed by atoms with Gasteiger partial charge < -0.3 is 10.5 Å². The number of anilines is 1. The van der Waals surface area contributed by atoms with Gasteiger partial charge in [0, 0.05) is 24.4 Å². The van der Waals surface area contributed by atoms with Crippen LogP contribution in [-0.2, 0) is 7.05 Å². The van der Waals surface area contributed by atoms with Crippen LogP contribution in [0.4, 0.5) is 5.82 Å². The number of nitrogens with two attached hydrogens (primary N) is 1. The van der Waals surface area contributed by atoms with Crippen LogP contribution in [0.5, 0.6) is 5.75 Å². The summed E-state index contributed by atoms with van der Waals surface area (Å²) in [7, 11) is 3.47. The number of nitrogen functional groups attached to an aromatic ring is 1. The van der Waals surface area contributed by atoms with Gasteiger partial charge in [-0.05, 0) is 12.1 Å². The van der Waals surface area contributed by atoms with Crippen LogP contribution in [-0.4, -0.2) is 26.9 Å². The normalized spacial score (nSPS) is 10.8. The second-order valence-corrected chi connectivity index (χ2v) is 4.21. The monoisotopic (exact) mass is 255 g/mol. The Morgan fingerprint density at radius 3 is 2.74 bits per heavy atom. The Bertz CT molecular complexity index is 750. The van der Waals surface area contributed by atoms with Crippen LogP contribution < -0.4 is 10.5 Å². The molecule has 6 heteroatoms. The maximum absolute atomic E-state index is 5.69. The summed E-state index contributed by atoms with van der Waals surface area (Å²) in [6.45, 7) is 0. The Labute approximate surface area is 109 Å². The van der Waals surface area contributed by atoms with E-state index in [1.807, 2.05) is 25.4 Å². The first-order chi connectivity index (χ1) is 9.19. The number of fused-ring (bicyclic) bond motifs is 1. The molecule has 0 fully saturated rings. The average Bonchev–Trinajstić information content (AvgIpc) is 2.83. The minimum atomic E-state index is 0.370. The third-order valence-electron chi connectivity index (χ3n) is 2.92. The highest BCUT2D eigenvalue weighted by Gasteiger charge is 2.12. The molecule has 19 heavy (non-hydrogen) atoms. The molecule has 0 radical (unpaired) electrons. The van der Waals surface area contributed by atoms with E-state index in [4.69, 9.17) is 10.5 Å². The lowest BCUT2D eigenvalue weighted by molar-refractivity contribution is 0.419. The Balaban J connectivity index is 2.32. The van der Waals surface area contributed by atoms with Gasteiger partial charge in [0.15, 0.2) is 0 Å². The predicted molar refractivity (Wildman–Crippen MR) is 72.7 cm³/mol. The van der Waals surface area contributed by atoms with Crippen molar-refractivity contribution in [2.45, 2.75) is 0 Å². The van der Waals surface area contributed by atoms with Crippen LogP contribution in [0.3, 0.4) is 0 Å². The standard InChI is InChI=1S/C13H13N5O/c1-18-7-8(5-16-18)9-3-4-10(19-2)13-12(9)15-6-11(14)17-13/h3-7H,1-2H3,(H2,14,17). The Morgan fingerprint density at radius 2 is 2.05 bits per heavy atom. The van der Waals surface area contributed by atoms with E-state index in [9.17, 15) is 0 Å². The van der Waals surface area contributed by atoms with Crippen LogP contribution in [0.1, 0.15) is 0 Å². The maximum Gasteiger partial charge on any atom is 0.146 e. The lowest BCUT2D eigenvalue weighted by Gasteiger charge is -2.08. The van der Waals surface area contributed by atoms with Gasteiger partial charge in [0.2, 0.25) is 0 Å². The van der Waals surface area contributed by atoms with Gasteiger partial charge in [0.05, 0.1) is 19.5 Å². The number of nitrogens with zero attached hydrogens (tertiary/aromatic N) is 4. The molecule has 2 heterocycles. The molecule has 2 N–H and O–H groups in total. The number of aryl methyl sites for hydroxylation is 1. The van der Waals surface area contributed by atoms with E-state index in [0.29, 0.717) is 17.1 Å². The summed E-state index contributed by atoms with van der Waals surface area (Å²) >= 11 is 0. The van der Waals surface area contributed by atoms with Crippen molar-refractivity contribution in [1.29, 1.82) is 0 Å². The summed E-state index contributed by atoms with van der Waals surface area (Å²) < 4.78 is 7.05. The van der Waals surface area contributed by atoms with E-state index < -0.39 is 0 Å². The summed E-state index contributed by atoms with van der Waals surface area (Å²) in [5.41, 5.74) is 9.04. The lowest BCUT2D eigenvalue weighted by Crippen LogP contribution is -1.96. The van der Waals surface area contributed by atoms with Gasteiger partial charge in [-0.2, -0.15) is 5.10 Å². The zero-order valence-electron chi connectivity index (χ0n) is 10.7. The van der Waals surface area contributed by atoms with Crippen molar-refractivity contribution in [1.82, 2.24) is 19.7 Å². The first kappa shape index (κ1) is 11.5. The highest BCUT2D eigenvalue weighted by atomic mass is 16.5. The van der Waals surface area contributed by atoms with Gasteiger partial charge >= 0.3 is 0 Å². The van der Waals surface area contributed by atoms with Crippen molar-refractivity contribution >= 4 is 16.9 Å². The Kier molecular flexibility index (Phi) is 2.56. The van der Waals surface area contributed by atoms with Crippen molar-refractivity contribution in [3.8, 4) is 16.9 Å². The van der Waals surface area contributed by atoms with Crippen LogP contribution in [0.15, 0.2) is 30.7 Å². The Hall–Kier alpha value is -2.63. The molecule has 2 aromatic heterocycles. The number of ether oxygens (including phenoxy) is 1. The van der Waals surface area contributed by atoms with Crippen LogP contribution in [0.25, 0.3) is 22.2 Å². The molecule has 0 saturated carbocycles. The summed E-state index contributed by atoms with van der Waals surface area (Å²) in [6.07, 6.45) is 5.26. The molecule has 3 aromatic rings. The maximum atomic E-state index is 5.69. The summed E-state index contributed by atoms with van der Waals surface area (Å²) in [5.74, 6) is 1.02. The molecule has 0 unspecified atom stereocenters. The van der Waals surface area contributed by atoms with Gasteiger partial charge in [0.25, 0.3) is 0 Å². The van der Waals surface area contributed by atoms with Gasteiger partial charge in [-0.3, -0.25) is 4.68 Å². The largest absolute Gasteiger partial charge is 0.494 e. The molecule has 0 atom stereocenters. The third kappa shape index (κ3) is 1.87. The molecular formula is C13H13N5O. The van der Waals surface area contributed by atoms with Crippen molar-refractivity contribution < 1.29 is 4.74 Å². The molecule has 0 saturated heterocycles. The minimum Gasteiger partial charge on any atom is -0.494 e. The smallest absolute Gasteiger partial charge is 0.146 e. The molecule has 0 amide bonds. The molecule has 0 aliphatic carbocycles. The van der Waals surface area contributed by atoms with E-state index in [-0.39, 0.29) is 0 Å². The molecule has 1 aromatic carbocycles. The molecule has 0 bridgehead atoms. The van der Waals surface area contributed by atoms with E-state index in [0.717, 1.165) is 16.6 Å². The molecule has 0 aliphatic rings. The quantitative estimate of drug-likeness (QED) is 0.752. The van der Waals surface area contributed by atoms with Crippen LogP contribution >= 0.6 is 0 Å². The molecule has 6 nitrogen and oxygen atoms in total. The number of hydrogen-bond acceptors (Lipinski definition) is 5. The predicted octanol–water partition coefficient (Wildman–Crippen LogP) is 1.62. The fourth-order valence-corrected chi connectivity index (χ4v) is 2.05. The fourth-order valence-electron chi connectivity index (χ4n) is 2.05. The van der Waals surface area contributed by atoms with Gasteiger partial charge in [0.1, 0.15) is 22.6 Å². The second kappa shape index (κ2) is 4.24. The molecule has 96 valence electrons. The molecule has 0 aliphatic heterocycles. The number of benzene rings is 1. The number of hydrogen-bond donors (Lipinski definition) is 1. The first-order valence-corrected chi connectivity index (χ1v) is 5.77. The number of methoxy groups -OCH3 is 1. The third-order valence-corrected chi connectivity index (χ3v) is 2.92. The summed E-state index contributed by atoms with van der Waals surface area (Å²) in [5, 5.41) is 4.17. The zero-order valence-corrected chi connectivity index (χ0v) is 10.7. The zero-order chi connectivity index (χ0) is 13.4. The van der Waals surface area contributed by atoms with E-state index in [1.54, 1.807) is 24.2 Å². The van der Waals surface area contributed by atoms with Gasteiger partial charge in [-0.25, -0.2) is 9.97 Å².